The minimum Gasteiger partial charge on any atom is -0.481 e. The first kappa shape index (κ1) is 19.0. The Bertz CT molecular complexity index is 833. The molecule has 0 fully saturated rings. The smallest absolute Gasteiger partial charge is 0.417 e. The van der Waals surface area contributed by atoms with Crippen LogP contribution in [-0.4, -0.2) is 44.9 Å². The number of aliphatic carboxylic acids is 1. The van der Waals surface area contributed by atoms with E-state index in [1.54, 1.807) is 6.92 Å². The molecule has 25 heavy (non-hydrogen) atoms. The summed E-state index contributed by atoms with van der Waals surface area (Å²) < 4.78 is 40.1. The molecule has 0 aliphatic rings. The zero-order chi connectivity index (χ0) is 18.9. The Morgan fingerprint density at radius 1 is 1.40 bits per heavy atom. The van der Waals surface area contributed by atoms with E-state index in [9.17, 15) is 22.8 Å². The number of aromatic nitrogens is 2. The molecule has 2 aromatic heterocycles. The molecule has 2 heterocycles. The summed E-state index contributed by atoms with van der Waals surface area (Å²) in [5.41, 5.74) is -0.736. The third-order valence-electron chi connectivity index (χ3n) is 3.62. The second-order valence-electron chi connectivity index (χ2n) is 5.40. The van der Waals surface area contributed by atoms with Gasteiger partial charge in [0.15, 0.2) is 5.65 Å². The summed E-state index contributed by atoms with van der Waals surface area (Å²) >= 11 is 5.91. The van der Waals surface area contributed by atoms with Gasteiger partial charge in [0, 0.05) is 19.8 Å². The summed E-state index contributed by atoms with van der Waals surface area (Å²) in [7, 11) is 1.37. The molecule has 0 spiro atoms. The molecule has 0 saturated heterocycles. The lowest BCUT2D eigenvalue weighted by atomic mass is 10.2. The van der Waals surface area contributed by atoms with Crippen molar-refractivity contribution in [3.63, 3.8) is 0 Å². The van der Waals surface area contributed by atoms with Crippen molar-refractivity contribution < 1.29 is 27.9 Å². The number of rotatable bonds is 5. The number of nitrogens with zero attached hydrogens (tertiary/aromatic N) is 3. The Labute approximate surface area is 145 Å². The molecule has 0 aliphatic carbocycles. The van der Waals surface area contributed by atoms with E-state index in [2.05, 4.69) is 4.98 Å². The molecular weight excluding hydrogens is 363 g/mol. The van der Waals surface area contributed by atoms with Gasteiger partial charge in [-0.05, 0) is 12.5 Å². The monoisotopic (exact) mass is 377 g/mol. The minimum atomic E-state index is -4.63. The highest BCUT2D eigenvalue weighted by molar-refractivity contribution is 6.33. The van der Waals surface area contributed by atoms with E-state index in [0.29, 0.717) is 6.42 Å². The van der Waals surface area contributed by atoms with Crippen LogP contribution in [0.4, 0.5) is 13.2 Å². The van der Waals surface area contributed by atoms with Crippen LogP contribution in [0.5, 0.6) is 0 Å². The van der Waals surface area contributed by atoms with Crippen molar-refractivity contribution in [1.29, 1.82) is 0 Å². The van der Waals surface area contributed by atoms with Gasteiger partial charge in [0.1, 0.15) is 5.69 Å². The maximum Gasteiger partial charge on any atom is 0.417 e. The summed E-state index contributed by atoms with van der Waals surface area (Å²) in [6.07, 6.45) is -3.85. The molecule has 6 nitrogen and oxygen atoms in total. The van der Waals surface area contributed by atoms with E-state index in [0.717, 1.165) is 21.6 Å². The second-order valence-corrected chi connectivity index (χ2v) is 5.81. The maximum absolute atomic E-state index is 13.0. The number of hydrogen-bond donors (Lipinski definition) is 1. The van der Waals surface area contributed by atoms with Crippen LogP contribution >= 0.6 is 11.6 Å². The molecule has 0 saturated carbocycles. The zero-order valence-corrected chi connectivity index (χ0v) is 14.1. The molecule has 2 rings (SSSR count). The normalized spacial score (nSPS) is 11.8. The lowest BCUT2D eigenvalue weighted by Crippen LogP contribution is -2.30. The zero-order valence-electron chi connectivity index (χ0n) is 13.4. The fourth-order valence-electron chi connectivity index (χ4n) is 2.32. The largest absolute Gasteiger partial charge is 0.481 e. The van der Waals surface area contributed by atoms with Gasteiger partial charge >= 0.3 is 12.1 Å². The molecule has 0 bridgehead atoms. The number of aryl methyl sites for hydroxylation is 1. The highest BCUT2D eigenvalue weighted by atomic mass is 35.5. The average molecular weight is 378 g/mol. The lowest BCUT2D eigenvalue weighted by Gasteiger charge is -2.17. The van der Waals surface area contributed by atoms with Crippen LogP contribution < -0.4 is 0 Å². The number of carbonyl (C=O) groups is 2. The molecule has 2 aromatic rings. The van der Waals surface area contributed by atoms with E-state index in [1.165, 1.54) is 7.05 Å². The van der Waals surface area contributed by atoms with E-state index < -0.39 is 23.6 Å². The van der Waals surface area contributed by atoms with Crippen LogP contribution in [-0.2, 0) is 17.4 Å². The summed E-state index contributed by atoms with van der Waals surface area (Å²) in [5.74, 6) is -1.71. The number of halogens is 4. The standard InChI is InChI=1S/C15H15ClF3N3O3/c1-3-10-12(14(25)21(2)5-4-11(23)24)22-7-8(15(17,18)19)6-9(16)13(22)20-10/h6-7H,3-5H2,1-2H3,(H,23,24). The van der Waals surface area contributed by atoms with Crippen molar-refractivity contribution in [3.8, 4) is 0 Å². The van der Waals surface area contributed by atoms with Crippen molar-refractivity contribution in [2.75, 3.05) is 13.6 Å². The molecule has 1 amide bonds. The van der Waals surface area contributed by atoms with Crippen molar-refractivity contribution in [3.05, 3.63) is 34.2 Å². The highest BCUT2D eigenvalue weighted by Crippen LogP contribution is 2.33. The van der Waals surface area contributed by atoms with E-state index in [-0.39, 0.29) is 35.0 Å². The Kier molecular flexibility index (Phi) is 5.26. The number of imidazole rings is 1. The topological polar surface area (TPSA) is 74.9 Å². The van der Waals surface area contributed by atoms with Crippen LogP contribution in [0.2, 0.25) is 5.02 Å². The van der Waals surface area contributed by atoms with Crippen molar-refractivity contribution in [2.24, 2.45) is 0 Å². The molecule has 10 heteroatoms. The first-order valence-electron chi connectivity index (χ1n) is 7.31. The Hall–Kier alpha value is -2.29. The van der Waals surface area contributed by atoms with Crippen molar-refractivity contribution in [1.82, 2.24) is 14.3 Å². The molecule has 136 valence electrons. The van der Waals surface area contributed by atoms with Gasteiger partial charge in [0.2, 0.25) is 0 Å². The first-order chi connectivity index (χ1) is 11.6. The summed E-state index contributed by atoms with van der Waals surface area (Å²) in [6, 6.07) is 0.756. The van der Waals surface area contributed by atoms with Gasteiger partial charge in [-0.1, -0.05) is 18.5 Å². The van der Waals surface area contributed by atoms with Crippen LogP contribution in [0.3, 0.4) is 0 Å². The third-order valence-corrected chi connectivity index (χ3v) is 3.90. The third kappa shape index (κ3) is 3.87. The number of carboxylic acids is 1. The average Bonchev–Trinajstić information content (AvgIpc) is 2.90. The van der Waals surface area contributed by atoms with Crippen molar-refractivity contribution in [2.45, 2.75) is 25.9 Å². The maximum atomic E-state index is 13.0. The van der Waals surface area contributed by atoms with Crippen LogP contribution in [0.15, 0.2) is 12.3 Å². The Balaban J connectivity index is 2.59. The van der Waals surface area contributed by atoms with Gasteiger partial charge in [-0.3, -0.25) is 14.0 Å². The fourth-order valence-corrected chi connectivity index (χ4v) is 2.58. The molecule has 0 atom stereocenters. The number of amides is 1. The molecule has 1 N–H and O–H groups in total. The van der Waals surface area contributed by atoms with Gasteiger partial charge < -0.3 is 10.0 Å². The van der Waals surface area contributed by atoms with Crippen LogP contribution in [0.25, 0.3) is 5.65 Å². The highest BCUT2D eigenvalue weighted by Gasteiger charge is 2.33. The Morgan fingerprint density at radius 3 is 2.56 bits per heavy atom. The van der Waals surface area contributed by atoms with E-state index >= 15 is 0 Å². The molecule has 0 radical (unpaired) electrons. The second kappa shape index (κ2) is 6.91. The van der Waals surface area contributed by atoms with Gasteiger partial charge in [0.25, 0.3) is 5.91 Å². The van der Waals surface area contributed by atoms with Gasteiger partial charge in [-0.15, -0.1) is 0 Å². The number of carbonyl (C=O) groups excluding carboxylic acids is 1. The fraction of sp³-hybridized carbons (Fsp3) is 0.400. The van der Waals surface area contributed by atoms with E-state index in [4.69, 9.17) is 16.7 Å². The van der Waals surface area contributed by atoms with Crippen LogP contribution in [0.1, 0.15) is 35.1 Å². The molecular formula is C15H15ClF3N3O3. The lowest BCUT2D eigenvalue weighted by molar-refractivity contribution is -0.138. The number of pyridine rings is 1. The summed E-state index contributed by atoms with van der Waals surface area (Å²) in [6.45, 7) is 1.62. The predicted octanol–water partition coefficient (Wildman–Crippen LogP) is 3.12. The molecule has 0 aliphatic heterocycles. The van der Waals surface area contributed by atoms with Gasteiger partial charge in [0.05, 0.1) is 22.7 Å². The van der Waals surface area contributed by atoms with Gasteiger partial charge in [-0.2, -0.15) is 13.2 Å². The van der Waals surface area contributed by atoms with Crippen molar-refractivity contribution >= 4 is 29.1 Å². The summed E-state index contributed by atoms with van der Waals surface area (Å²) in [5, 5.41) is 8.49. The quantitative estimate of drug-likeness (QED) is 0.868. The van der Waals surface area contributed by atoms with Crippen LogP contribution in [0, 0.1) is 0 Å². The first-order valence-corrected chi connectivity index (χ1v) is 7.69. The summed E-state index contributed by atoms with van der Waals surface area (Å²) in [4.78, 5) is 28.6. The number of alkyl halides is 3. The van der Waals surface area contributed by atoms with Gasteiger partial charge in [-0.25, -0.2) is 4.98 Å². The number of carboxylic acid groups (broad SMARTS) is 1. The number of fused-ring (bicyclic) bond motifs is 1. The minimum absolute atomic E-state index is 0.0431. The SMILES string of the molecule is CCc1nc2c(Cl)cc(C(F)(F)F)cn2c1C(=O)N(C)CCC(=O)O. The van der Waals surface area contributed by atoms with E-state index in [1.807, 2.05) is 0 Å². The Morgan fingerprint density at radius 2 is 2.04 bits per heavy atom. The predicted molar refractivity (Wildman–Crippen MR) is 83.8 cm³/mol. The molecule has 0 aromatic carbocycles. The molecule has 0 unspecified atom stereocenters. The number of hydrogen-bond acceptors (Lipinski definition) is 3.